The van der Waals surface area contributed by atoms with Gasteiger partial charge in [-0.25, -0.2) is 0 Å². The summed E-state index contributed by atoms with van der Waals surface area (Å²) in [6, 6.07) is 0. The Morgan fingerprint density at radius 2 is 2.06 bits per heavy atom. The third kappa shape index (κ3) is 5.56. The van der Waals surface area contributed by atoms with Crippen LogP contribution in [0.15, 0.2) is 12.7 Å². The van der Waals surface area contributed by atoms with Crippen LogP contribution in [0.3, 0.4) is 0 Å². The average Bonchev–Trinajstić information content (AvgIpc) is 2.32. The van der Waals surface area contributed by atoms with Gasteiger partial charge in [-0.2, -0.15) is 11.8 Å². The maximum atomic E-state index is 11.5. The van der Waals surface area contributed by atoms with Crippen LogP contribution >= 0.6 is 11.8 Å². The maximum Gasteiger partial charge on any atom is 0.234 e. The average molecular weight is 244 g/mol. The van der Waals surface area contributed by atoms with Gasteiger partial charge in [0.1, 0.15) is 0 Å². The molecule has 0 spiro atoms. The van der Waals surface area contributed by atoms with Crippen molar-refractivity contribution < 1.29 is 4.79 Å². The summed E-state index contributed by atoms with van der Waals surface area (Å²) in [6.07, 6.45) is 6.00. The molecule has 0 bridgehead atoms. The molecule has 2 N–H and O–H groups in total. The minimum Gasteiger partial charge on any atom is -0.354 e. The van der Waals surface area contributed by atoms with Crippen LogP contribution in [0.1, 0.15) is 26.7 Å². The van der Waals surface area contributed by atoms with Gasteiger partial charge in [0.05, 0.1) is 6.54 Å². The molecule has 0 aromatic rings. The number of amides is 1. The van der Waals surface area contributed by atoms with Gasteiger partial charge < -0.3 is 10.6 Å². The summed E-state index contributed by atoms with van der Waals surface area (Å²) in [5.41, 5.74) is 0. The van der Waals surface area contributed by atoms with E-state index in [1.165, 1.54) is 0 Å². The molecule has 0 aliphatic carbocycles. The van der Waals surface area contributed by atoms with Crippen molar-refractivity contribution in [1.82, 2.24) is 10.6 Å². The first-order valence-electron chi connectivity index (χ1n) is 5.77. The van der Waals surface area contributed by atoms with Gasteiger partial charge in [0, 0.05) is 17.8 Å². The molecule has 0 fully saturated rings. The first-order chi connectivity index (χ1) is 7.64. The fourth-order valence-electron chi connectivity index (χ4n) is 1.47. The molecule has 0 aromatic carbocycles. The number of carbonyl (C=O) groups excluding carboxylic acids is 1. The number of hydrogen-bond acceptors (Lipinski definition) is 3. The lowest BCUT2D eigenvalue weighted by atomic mass is 10.0. The molecule has 0 atom stereocenters. The summed E-state index contributed by atoms with van der Waals surface area (Å²) in [5.74, 6) is 0.0576. The first-order valence-corrected chi connectivity index (χ1v) is 7.00. The second-order valence-corrected chi connectivity index (χ2v) is 5.06. The zero-order valence-electron chi connectivity index (χ0n) is 10.6. The minimum absolute atomic E-state index is 0.0576. The largest absolute Gasteiger partial charge is 0.354 e. The van der Waals surface area contributed by atoms with Gasteiger partial charge in [0.15, 0.2) is 0 Å². The molecule has 0 heterocycles. The van der Waals surface area contributed by atoms with Gasteiger partial charge in [0.2, 0.25) is 5.91 Å². The van der Waals surface area contributed by atoms with E-state index in [1.54, 1.807) is 6.08 Å². The lowest BCUT2D eigenvalue weighted by molar-refractivity contribution is -0.120. The van der Waals surface area contributed by atoms with Gasteiger partial charge in [-0.05, 0) is 19.1 Å². The smallest absolute Gasteiger partial charge is 0.234 e. The van der Waals surface area contributed by atoms with E-state index in [0.29, 0.717) is 13.1 Å². The molecule has 0 rings (SSSR count). The highest BCUT2D eigenvalue weighted by Gasteiger charge is 2.25. The molecule has 94 valence electrons. The van der Waals surface area contributed by atoms with E-state index in [9.17, 15) is 4.79 Å². The van der Waals surface area contributed by atoms with Crippen LogP contribution in [0.2, 0.25) is 0 Å². The standard InChI is InChI=1S/C12H24N2OS/c1-5-8-13-9-11(15)14-10-12(6-2,7-3)16-4/h5,13H,1,6-10H2,2-4H3,(H,14,15). The summed E-state index contributed by atoms with van der Waals surface area (Å²) in [7, 11) is 0. The van der Waals surface area contributed by atoms with Crippen LogP contribution in [0.25, 0.3) is 0 Å². The van der Waals surface area contributed by atoms with Crippen molar-refractivity contribution in [2.75, 3.05) is 25.9 Å². The molecule has 1 amide bonds. The van der Waals surface area contributed by atoms with Gasteiger partial charge in [-0.3, -0.25) is 4.79 Å². The van der Waals surface area contributed by atoms with E-state index in [0.717, 1.165) is 19.4 Å². The minimum atomic E-state index is 0.0576. The second-order valence-electron chi connectivity index (χ2n) is 3.79. The molecule has 3 nitrogen and oxygen atoms in total. The van der Waals surface area contributed by atoms with Crippen molar-refractivity contribution in [2.45, 2.75) is 31.4 Å². The second kappa shape index (κ2) is 8.65. The molecule has 0 saturated carbocycles. The lowest BCUT2D eigenvalue weighted by Crippen LogP contribution is -2.42. The van der Waals surface area contributed by atoms with Gasteiger partial charge in [-0.15, -0.1) is 6.58 Å². The zero-order valence-corrected chi connectivity index (χ0v) is 11.5. The van der Waals surface area contributed by atoms with E-state index in [1.807, 2.05) is 11.8 Å². The highest BCUT2D eigenvalue weighted by molar-refractivity contribution is 8.00. The molecule has 0 unspecified atom stereocenters. The van der Waals surface area contributed by atoms with Crippen LogP contribution in [0, 0.1) is 0 Å². The van der Waals surface area contributed by atoms with Crippen LogP contribution in [0.4, 0.5) is 0 Å². The van der Waals surface area contributed by atoms with Crippen molar-refractivity contribution in [2.24, 2.45) is 0 Å². The van der Waals surface area contributed by atoms with Crippen molar-refractivity contribution in [3.63, 3.8) is 0 Å². The Labute approximate surface area is 103 Å². The Balaban J connectivity index is 3.91. The summed E-state index contributed by atoms with van der Waals surface area (Å²) in [4.78, 5) is 11.5. The molecule has 0 radical (unpaired) electrons. The normalized spacial score (nSPS) is 11.2. The van der Waals surface area contributed by atoms with Gasteiger partial charge >= 0.3 is 0 Å². The Morgan fingerprint density at radius 1 is 1.44 bits per heavy atom. The highest BCUT2D eigenvalue weighted by Crippen LogP contribution is 2.29. The predicted molar refractivity (Wildman–Crippen MR) is 72.9 cm³/mol. The summed E-state index contributed by atoms with van der Waals surface area (Å²) in [5, 5.41) is 5.97. The van der Waals surface area contributed by atoms with Crippen LogP contribution in [-0.4, -0.2) is 36.5 Å². The molecule has 16 heavy (non-hydrogen) atoms. The third-order valence-electron chi connectivity index (χ3n) is 2.90. The summed E-state index contributed by atoms with van der Waals surface area (Å²) in [6.45, 7) is 9.70. The molecular formula is C12H24N2OS. The lowest BCUT2D eigenvalue weighted by Gasteiger charge is -2.29. The molecule has 4 heteroatoms. The highest BCUT2D eigenvalue weighted by atomic mass is 32.2. The van der Waals surface area contributed by atoms with Gasteiger partial charge in [0.25, 0.3) is 0 Å². The number of carbonyl (C=O) groups is 1. The Hall–Kier alpha value is -0.480. The van der Waals surface area contributed by atoms with E-state index in [4.69, 9.17) is 0 Å². The van der Waals surface area contributed by atoms with Crippen LogP contribution < -0.4 is 10.6 Å². The fourth-order valence-corrected chi connectivity index (χ4v) is 2.26. The van der Waals surface area contributed by atoms with Crippen LogP contribution in [0.5, 0.6) is 0 Å². The third-order valence-corrected chi connectivity index (χ3v) is 4.49. The Kier molecular flexibility index (Phi) is 8.39. The first kappa shape index (κ1) is 15.5. The maximum absolute atomic E-state index is 11.5. The Bertz CT molecular complexity index is 207. The van der Waals surface area contributed by atoms with E-state index in [-0.39, 0.29) is 10.7 Å². The van der Waals surface area contributed by atoms with E-state index < -0.39 is 0 Å². The SMILES string of the molecule is C=CCNCC(=O)NCC(CC)(CC)SC. The number of nitrogens with one attached hydrogen (secondary N) is 2. The topological polar surface area (TPSA) is 41.1 Å². The van der Waals surface area contributed by atoms with Crippen molar-refractivity contribution in [3.8, 4) is 0 Å². The fraction of sp³-hybridized carbons (Fsp3) is 0.750. The molecule has 0 aliphatic rings. The zero-order chi connectivity index (χ0) is 12.4. The predicted octanol–water partition coefficient (Wildman–Crippen LogP) is 1.80. The molecule has 0 saturated heterocycles. The Morgan fingerprint density at radius 3 is 2.50 bits per heavy atom. The van der Waals surface area contributed by atoms with Crippen molar-refractivity contribution in [1.29, 1.82) is 0 Å². The van der Waals surface area contributed by atoms with E-state index >= 15 is 0 Å². The molecular weight excluding hydrogens is 220 g/mol. The van der Waals surface area contributed by atoms with Gasteiger partial charge in [-0.1, -0.05) is 19.9 Å². The molecule has 0 aromatic heterocycles. The number of rotatable bonds is 9. The monoisotopic (exact) mass is 244 g/mol. The number of hydrogen-bond donors (Lipinski definition) is 2. The summed E-state index contributed by atoms with van der Waals surface area (Å²) >= 11 is 1.84. The quantitative estimate of drug-likeness (QED) is 0.480. The molecule has 0 aliphatic heterocycles. The van der Waals surface area contributed by atoms with Crippen molar-refractivity contribution >= 4 is 17.7 Å². The van der Waals surface area contributed by atoms with Crippen molar-refractivity contribution in [3.05, 3.63) is 12.7 Å². The van der Waals surface area contributed by atoms with E-state index in [2.05, 4.69) is 37.3 Å². The number of thioether (sulfide) groups is 1. The van der Waals surface area contributed by atoms with Crippen LogP contribution in [-0.2, 0) is 4.79 Å². The summed E-state index contributed by atoms with van der Waals surface area (Å²) < 4.78 is 0.189.